The summed E-state index contributed by atoms with van der Waals surface area (Å²) >= 11 is 0. The highest BCUT2D eigenvalue weighted by Gasteiger charge is 2.39. The Bertz CT molecular complexity index is 477. The molecule has 0 spiro atoms. The Balaban J connectivity index is 1.65. The number of rotatable bonds is 18. The molecule has 2 saturated heterocycles. The molecule has 6 nitrogen and oxygen atoms in total. The Morgan fingerprint density at radius 2 is 1.41 bits per heavy atom. The lowest BCUT2D eigenvalue weighted by Gasteiger charge is -2.31. The molecule has 0 aliphatic carbocycles. The topological polar surface area (TPSA) is 66.6 Å². The molecule has 0 aromatic carbocycles. The van der Waals surface area contributed by atoms with E-state index < -0.39 is 0 Å². The predicted octanol–water partition coefficient (Wildman–Crippen LogP) is 3.31. The van der Waals surface area contributed by atoms with Crippen LogP contribution in [0.5, 0.6) is 0 Å². The third-order valence-electron chi connectivity index (χ3n) is 6.62. The number of hydrogen-bond donors (Lipinski definition) is 4. The SMILES string of the molecule is CCCNC[C@@H]1CC[C@H](CNCCC[C@]2(CNCC(C)C)CC[C@@H](CNCC(C)C)O2)O1. The largest absolute Gasteiger partial charge is 0.372 e. The fourth-order valence-corrected chi connectivity index (χ4v) is 4.88. The second-order valence-electron chi connectivity index (χ2n) is 11.0. The maximum atomic E-state index is 6.67. The van der Waals surface area contributed by atoms with Crippen molar-refractivity contribution in [1.29, 1.82) is 0 Å². The summed E-state index contributed by atoms with van der Waals surface area (Å²) in [6.07, 6.45) is 9.32. The molecule has 4 N–H and O–H groups in total. The highest BCUT2D eigenvalue weighted by Crippen LogP contribution is 2.34. The Morgan fingerprint density at radius 3 is 2.06 bits per heavy atom. The van der Waals surface area contributed by atoms with E-state index in [1.165, 1.54) is 32.1 Å². The molecule has 190 valence electrons. The van der Waals surface area contributed by atoms with Crippen LogP contribution < -0.4 is 21.3 Å². The van der Waals surface area contributed by atoms with Gasteiger partial charge in [0.05, 0.1) is 23.9 Å². The standard InChI is InChI=1S/C26H54N4O2/c1-6-13-27-17-23-8-9-24(31-23)18-28-14-7-11-26(20-30-16-22(4)5)12-10-25(32-26)19-29-15-21(2)3/h21-25,27-30H,6-20H2,1-5H3/t23-,24+,25-,26+/m0/s1. The number of hydrogen-bond acceptors (Lipinski definition) is 6. The van der Waals surface area contributed by atoms with Gasteiger partial charge in [0.2, 0.25) is 0 Å². The molecule has 2 aliphatic heterocycles. The van der Waals surface area contributed by atoms with Gasteiger partial charge in [0.1, 0.15) is 0 Å². The van der Waals surface area contributed by atoms with Crippen LogP contribution in [0.4, 0.5) is 0 Å². The van der Waals surface area contributed by atoms with Crippen molar-refractivity contribution in [3.8, 4) is 0 Å². The Morgan fingerprint density at radius 1 is 0.781 bits per heavy atom. The van der Waals surface area contributed by atoms with Gasteiger partial charge in [-0.25, -0.2) is 0 Å². The number of nitrogens with one attached hydrogen (secondary N) is 4. The van der Waals surface area contributed by atoms with Gasteiger partial charge in [-0.2, -0.15) is 0 Å². The monoisotopic (exact) mass is 454 g/mol. The summed E-state index contributed by atoms with van der Waals surface area (Å²) in [7, 11) is 0. The summed E-state index contributed by atoms with van der Waals surface area (Å²) in [4.78, 5) is 0. The van der Waals surface area contributed by atoms with Gasteiger partial charge in [0.25, 0.3) is 0 Å². The summed E-state index contributed by atoms with van der Waals surface area (Å²) < 4.78 is 12.9. The Kier molecular flexibility index (Phi) is 13.7. The molecule has 0 radical (unpaired) electrons. The van der Waals surface area contributed by atoms with Crippen LogP contribution in [-0.2, 0) is 9.47 Å². The smallest absolute Gasteiger partial charge is 0.0812 e. The van der Waals surface area contributed by atoms with E-state index in [9.17, 15) is 0 Å². The molecule has 6 heteroatoms. The lowest BCUT2D eigenvalue weighted by molar-refractivity contribution is -0.0457. The fourth-order valence-electron chi connectivity index (χ4n) is 4.88. The molecule has 2 fully saturated rings. The summed E-state index contributed by atoms with van der Waals surface area (Å²) in [5.41, 5.74) is 0.000643. The maximum Gasteiger partial charge on any atom is 0.0812 e. The summed E-state index contributed by atoms with van der Waals surface area (Å²) in [6, 6.07) is 0. The van der Waals surface area contributed by atoms with Crippen LogP contribution in [0.3, 0.4) is 0 Å². The van der Waals surface area contributed by atoms with E-state index in [0.717, 1.165) is 65.2 Å². The minimum absolute atomic E-state index is 0.000643. The van der Waals surface area contributed by atoms with E-state index >= 15 is 0 Å². The van der Waals surface area contributed by atoms with Gasteiger partial charge < -0.3 is 30.7 Å². The lowest BCUT2D eigenvalue weighted by atomic mass is 9.93. The van der Waals surface area contributed by atoms with E-state index in [2.05, 4.69) is 55.9 Å². The molecule has 2 heterocycles. The van der Waals surface area contributed by atoms with E-state index in [1.807, 2.05) is 0 Å². The normalized spacial score (nSPS) is 28.4. The van der Waals surface area contributed by atoms with E-state index in [0.29, 0.717) is 30.1 Å². The second kappa shape index (κ2) is 15.6. The van der Waals surface area contributed by atoms with Crippen LogP contribution in [-0.4, -0.2) is 76.3 Å². The molecular formula is C26H54N4O2. The molecule has 0 saturated carbocycles. The Hall–Kier alpha value is -0.240. The highest BCUT2D eigenvalue weighted by atomic mass is 16.5. The molecule has 0 aromatic heterocycles. The van der Waals surface area contributed by atoms with Crippen molar-refractivity contribution in [2.45, 2.75) is 103 Å². The van der Waals surface area contributed by atoms with E-state index in [4.69, 9.17) is 9.47 Å². The van der Waals surface area contributed by atoms with Gasteiger partial charge in [-0.05, 0) is 83.0 Å². The van der Waals surface area contributed by atoms with Crippen molar-refractivity contribution in [3.63, 3.8) is 0 Å². The van der Waals surface area contributed by atoms with Gasteiger partial charge in [-0.15, -0.1) is 0 Å². The van der Waals surface area contributed by atoms with Crippen molar-refractivity contribution >= 4 is 0 Å². The molecule has 2 rings (SSSR count). The second-order valence-corrected chi connectivity index (χ2v) is 11.0. The predicted molar refractivity (Wildman–Crippen MR) is 135 cm³/mol. The van der Waals surface area contributed by atoms with Crippen LogP contribution in [0.1, 0.15) is 79.6 Å². The van der Waals surface area contributed by atoms with Crippen molar-refractivity contribution in [3.05, 3.63) is 0 Å². The molecule has 2 aliphatic rings. The molecule has 32 heavy (non-hydrogen) atoms. The number of ether oxygens (including phenoxy) is 2. The minimum atomic E-state index is 0.000643. The molecule has 4 atom stereocenters. The summed E-state index contributed by atoms with van der Waals surface area (Å²) in [5, 5.41) is 14.4. The quantitative estimate of drug-likeness (QED) is 0.238. The zero-order chi connectivity index (χ0) is 23.2. The average Bonchev–Trinajstić information content (AvgIpc) is 3.35. The molecule has 0 unspecified atom stereocenters. The Labute approximate surface area is 198 Å². The molecule has 0 bridgehead atoms. The molecular weight excluding hydrogens is 400 g/mol. The van der Waals surface area contributed by atoms with E-state index in [-0.39, 0.29) is 5.60 Å². The zero-order valence-electron chi connectivity index (χ0n) is 21.8. The van der Waals surface area contributed by atoms with Gasteiger partial charge in [-0.3, -0.25) is 0 Å². The van der Waals surface area contributed by atoms with Gasteiger partial charge in [0, 0.05) is 26.2 Å². The first kappa shape index (κ1) is 28.0. The van der Waals surface area contributed by atoms with Crippen molar-refractivity contribution in [1.82, 2.24) is 21.3 Å². The summed E-state index contributed by atoms with van der Waals surface area (Å²) in [6.45, 7) is 19.5. The first-order valence-electron chi connectivity index (χ1n) is 13.6. The van der Waals surface area contributed by atoms with Gasteiger partial charge in [-0.1, -0.05) is 34.6 Å². The van der Waals surface area contributed by atoms with Crippen molar-refractivity contribution < 1.29 is 9.47 Å². The average molecular weight is 455 g/mol. The summed E-state index contributed by atoms with van der Waals surface area (Å²) in [5.74, 6) is 1.36. The fraction of sp³-hybridized carbons (Fsp3) is 1.00. The van der Waals surface area contributed by atoms with Gasteiger partial charge in [0.15, 0.2) is 0 Å². The van der Waals surface area contributed by atoms with Crippen LogP contribution in [0.2, 0.25) is 0 Å². The maximum absolute atomic E-state index is 6.67. The van der Waals surface area contributed by atoms with Crippen LogP contribution in [0.15, 0.2) is 0 Å². The first-order valence-corrected chi connectivity index (χ1v) is 13.6. The third-order valence-corrected chi connectivity index (χ3v) is 6.62. The zero-order valence-corrected chi connectivity index (χ0v) is 21.8. The van der Waals surface area contributed by atoms with Crippen molar-refractivity contribution in [2.24, 2.45) is 11.8 Å². The van der Waals surface area contributed by atoms with Crippen LogP contribution in [0.25, 0.3) is 0 Å². The van der Waals surface area contributed by atoms with E-state index in [1.54, 1.807) is 0 Å². The lowest BCUT2D eigenvalue weighted by Crippen LogP contribution is -2.43. The van der Waals surface area contributed by atoms with Crippen LogP contribution in [0, 0.1) is 11.8 Å². The highest BCUT2D eigenvalue weighted by molar-refractivity contribution is 4.92. The minimum Gasteiger partial charge on any atom is -0.372 e. The first-order chi connectivity index (χ1) is 15.4. The van der Waals surface area contributed by atoms with Crippen molar-refractivity contribution in [2.75, 3.05) is 52.4 Å². The van der Waals surface area contributed by atoms with Gasteiger partial charge >= 0.3 is 0 Å². The third kappa shape index (κ3) is 11.3. The molecule has 0 amide bonds. The van der Waals surface area contributed by atoms with Crippen LogP contribution >= 0.6 is 0 Å². The molecule has 0 aromatic rings.